The van der Waals surface area contributed by atoms with Crippen LogP contribution < -0.4 is 14.8 Å². The number of nitrogens with zero attached hydrogens (tertiary/aromatic N) is 2. The molecule has 7 heteroatoms. The zero-order chi connectivity index (χ0) is 20.9. The summed E-state index contributed by atoms with van der Waals surface area (Å²) in [5.74, 6) is 1.26. The lowest BCUT2D eigenvalue weighted by Crippen LogP contribution is -2.42. The maximum Gasteiger partial charge on any atom is 0.251 e. The molecule has 2 aliphatic heterocycles. The average Bonchev–Trinajstić information content (AvgIpc) is 3.23. The van der Waals surface area contributed by atoms with Gasteiger partial charge >= 0.3 is 0 Å². The monoisotopic (exact) mass is 411 g/mol. The van der Waals surface area contributed by atoms with Crippen LogP contribution in [-0.4, -0.2) is 68.4 Å². The van der Waals surface area contributed by atoms with Gasteiger partial charge in [-0.05, 0) is 36.6 Å². The van der Waals surface area contributed by atoms with Crippen LogP contribution in [0.25, 0.3) is 0 Å². The average molecular weight is 412 g/mol. The van der Waals surface area contributed by atoms with Crippen molar-refractivity contribution >= 4 is 5.91 Å². The van der Waals surface area contributed by atoms with Crippen molar-refractivity contribution < 1.29 is 19.0 Å². The van der Waals surface area contributed by atoms with Crippen LogP contribution in [0.1, 0.15) is 34.7 Å². The second-order valence-corrected chi connectivity index (χ2v) is 7.87. The van der Waals surface area contributed by atoms with Gasteiger partial charge in [0.15, 0.2) is 0 Å². The standard InChI is InChI=1S/C23H29N3O4/c1-28-19-10-17(11-20(12-19)29-2)23(27)25-22-15-26(18-5-8-30-9-6-18)14-21(22)16-4-3-7-24-13-16/h3-4,7,10-13,18,21-22H,5-6,8-9,14-15H2,1-2H3,(H,25,27). The molecule has 0 aliphatic carbocycles. The largest absolute Gasteiger partial charge is 0.497 e. The second kappa shape index (κ2) is 9.45. The molecule has 2 aliphatic rings. The molecule has 160 valence electrons. The first-order chi connectivity index (χ1) is 14.7. The maximum atomic E-state index is 13.1. The van der Waals surface area contributed by atoms with Crippen molar-refractivity contribution in [3.05, 3.63) is 53.9 Å². The number of hydrogen-bond acceptors (Lipinski definition) is 6. The number of rotatable bonds is 6. The van der Waals surface area contributed by atoms with E-state index >= 15 is 0 Å². The van der Waals surface area contributed by atoms with E-state index in [1.54, 1.807) is 38.6 Å². The molecule has 0 radical (unpaired) electrons. The van der Waals surface area contributed by atoms with Crippen molar-refractivity contribution in [3.8, 4) is 11.5 Å². The summed E-state index contributed by atoms with van der Waals surface area (Å²) in [6, 6.07) is 9.79. The van der Waals surface area contributed by atoms with Crippen molar-refractivity contribution in [3.63, 3.8) is 0 Å². The number of nitrogens with one attached hydrogen (secondary N) is 1. The van der Waals surface area contributed by atoms with E-state index in [0.29, 0.717) is 23.1 Å². The summed E-state index contributed by atoms with van der Waals surface area (Å²) in [6.07, 6.45) is 5.76. The van der Waals surface area contributed by atoms with Gasteiger partial charge in [-0.15, -0.1) is 0 Å². The van der Waals surface area contributed by atoms with Crippen LogP contribution in [0.2, 0.25) is 0 Å². The van der Waals surface area contributed by atoms with Gasteiger partial charge in [0.2, 0.25) is 0 Å². The predicted molar refractivity (Wildman–Crippen MR) is 113 cm³/mol. The number of methoxy groups -OCH3 is 2. The normalized spacial score (nSPS) is 22.6. The summed E-state index contributed by atoms with van der Waals surface area (Å²) in [5.41, 5.74) is 1.68. The molecule has 1 amide bonds. The van der Waals surface area contributed by atoms with Gasteiger partial charge in [-0.3, -0.25) is 14.7 Å². The van der Waals surface area contributed by atoms with Gasteiger partial charge in [0.25, 0.3) is 5.91 Å². The van der Waals surface area contributed by atoms with E-state index in [1.165, 1.54) is 0 Å². The smallest absolute Gasteiger partial charge is 0.251 e. The summed E-state index contributed by atoms with van der Waals surface area (Å²) in [7, 11) is 3.16. The Kier molecular flexibility index (Phi) is 6.50. The molecule has 30 heavy (non-hydrogen) atoms. The van der Waals surface area contributed by atoms with E-state index in [2.05, 4.69) is 21.3 Å². The molecule has 4 rings (SSSR count). The van der Waals surface area contributed by atoms with Gasteiger partial charge in [-0.2, -0.15) is 0 Å². The Balaban J connectivity index is 1.54. The first-order valence-electron chi connectivity index (χ1n) is 10.4. The van der Waals surface area contributed by atoms with Gasteiger partial charge in [-0.25, -0.2) is 0 Å². The van der Waals surface area contributed by atoms with Crippen LogP contribution in [-0.2, 0) is 4.74 Å². The third-order valence-electron chi connectivity index (χ3n) is 6.10. The summed E-state index contributed by atoms with van der Waals surface area (Å²) in [4.78, 5) is 19.9. The highest BCUT2D eigenvalue weighted by Crippen LogP contribution is 2.31. The minimum absolute atomic E-state index is 0.00161. The van der Waals surface area contributed by atoms with Crippen LogP contribution in [0.5, 0.6) is 11.5 Å². The predicted octanol–water partition coefficient (Wildman–Crippen LogP) is 2.48. The highest BCUT2D eigenvalue weighted by Gasteiger charge is 2.38. The zero-order valence-corrected chi connectivity index (χ0v) is 17.5. The van der Waals surface area contributed by atoms with E-state index in [-0.39, 0.29) is 17.9 Å². The number of carbonyl (C=O) groups is 1. The Labute approximate surface area is 177 Å². The SMILES string of the molecule is COc1cc(OC)cc(C(=O)NC2CN(C3CCOCC3)CC2c2cccnc2)c1. The number of likely N-dealkylation sites (tertiary alicyclic amines) is 1. The molecule has 1 aromatic heterocycles. The Morgan fingerprint density at radius 2 is 1.87 bits per heavy atom. The number of ether oxygens (including phenoxy) is 3. The van der Waals surface area contributed by atoms with Crippen LogP contribution in [0.15, 0.2) is 42.7 Å². The number of amides is 1. The molecule has 0 spiro atoms. The first kappa shape index (κ1) is 20.6. The molecule has 7 nitrogen and oxygen atoms in total. The fourth-order valence-electron chi connectivity index (χ4n) is 4.45. The third-order valence-corrected chi connectivity index (χ3v) is 6.10. The number of carbonyl (C=O) groups excluding carboxylic acids is 1. The van der Waals surface area contributed by atoms with E-state index < -0.39 is 0 Å². The van der Waals surface area contributed by atoms with Crippen LogP contribution in [0, 0.1) is 0 Å². The lowest BCUT2D eigenvalue weighted by Gasteiger charge is -2.31. The highest BCUT2D eigenvalue weighted by molar-refractivity contribution is 5.95. The molecule has 2 fully saturated rings. The summed E-state index contributed by atoms with van der Waals surface area (Å²) in [5, 5.41) is 3.26. The number of benzene rings is 1. The molecule has 3 heterocycles. The molecule has 0 saturated carbocycles. The fraction of sp³-hybridized carbons (Fsp3) is 0.478. The molecule has 2 aromatic rings. The Hall–Kier alpha value is -2.64. The van der Waals surface area contributed by atoms with Crippen LogP contribution >= 0.6 is 0 Å². The molecule has 1 aromatic carbocycles. The topological polar surface area (TPSA) is 72.9 Å². The van der Waals surface area contributed by atoms with Gasteiger partial charge in [0.1, 0.15) is 11.5 Å². The van der Waals surface area contributed by atoms with E-state index in [4.69, 9.17) is 14.2 Å². The Morgan fingerprint density at radius 1 is 1.13 bits per heavy atom. The molecule has 2 unspecified atom stereocenters. The lowest BCUT2D eigenvalue weighted by molar-refractivity contribution is 0.0412. The van der Waals surface area contributed by atoms with Crippen molar-refractivity contribution in [2.75, 3.05) is 40.5 Å². The summed E-state index contributed by atoms with van der Waals surface area (Å²) >= 11 is 0. The quantitative estimate of drug-likeness (QED) is 0.787. The number of aromatic nitrogens is 1. The second-order valence-electron chi connectivity index (χ2n) is 7.87. The number of pyridine rings is 1. The number of hydrogen-bond donors (Lipinski definition) is 1. The fourth-order valence-corrected chi connectivity index (χ4v) is 4.45. The molecular formula is C23H29N3O4. The molecular weight excluding hydrogens is 382 g/mol. The summed E-state index contributed by atoms with van der Waals surface area (Å²) < 4.78 is 16.2. The first-order valence-corrected chi connectivity index (χ1v) is 10.4. The van der Waals surface area contributed by atoms with Gasteiger partial charge in [0, 0.05) is 68.3 Å². The zero-order valence-electron chi connectivity index (χ0n) is 17.5. The van der Waals surface area contributed by atoms with Crippen LogP contribution in [0.3, 0.4) is 0 Å². The third kappa shape index (κ3) is 4.57. The lowest BCUT2D eigenvalue weighted by atomic mass is 9.95. The highest BCUT2D eigenvalue weighted by atomic mass is 16.5. The minimum atomic E-state index is -0.125. The minimum Gasteiger partial charge on any atom is -0.497 e. The van der Waals surface area contributed by atoms with Gasteiger partial charge in [0.05, 0.1) is 14.2 Å². The summed E-state index contributed by atoms with van der Waals surface area (Å²) in [6.45, 7) is 3.33. The van der Waals surface area contributed by atoms with Crippen molar-refractivity contribution in [1.29, 1.82) is 0 Å². The van der Waals surface area contributed by atoms with Crippen molar-refractivity contribution in [2.45, 2.75) is 30.8 Å². The van der Waals surface area contributed by atoms with E-state index in [9.17, 15) is 4.79 Å². The van der Waals surface area contributed by atoms with Crippen molar-refractivity contribution in [1.82, 2.24) is 15.2 Å². The Morgan fingerprint density at radius 3 is 2.50 bits per heavy atom. The molecule has 1 N–H and O–H groups in total. The molecule has 0 bridgehead atoms. The van der Waals surface area contributed by atoms with E-state index in [1.807, 2.05) is 12.3 Å². The molecule has 2 atom stereocenters. The Bertz CT molecular complexity index is 833. The van der Waals surface area contributed by atoms with Crippen molar-refractivity contribution in [2.24, 2.45) is 0 Å². The maximum absolute atomic E-state index is 13.1. The van der Waals surface area contributed by atoms with Gasteiger partial charge < -0.3 is 19.5 Å². The van der Waals surface area contributed by atoms with Gasteiger partial charge in [-0.1, -0.05) is 6.07 Å². The van der Waals surface area contributed by atoms with Crippen LogP contribution in [0.4, 0.5) is 0 Å². The van der Waals surface area contributed by atoms with E-state index in [0.717, 1.165) is 44.7 Å². The molecule has 2 saturated heterocycles.